The molecular formula is C13H12ClF4NO2. The summed E-state index contributed by atoms with van der Waals surface area (Å²) >= 11 is 6.01. The van der Waals surface area contributed by atoms with Gasteiger partial charge in [0.2, 0.25) is 0 Å². The largest absolute Gasteiger partial charge is 0.507 e. The molecule has 1 unspecified atom stereocenters. The molecule has 0 aliphatic carbocycles. The third kappa shape index (κ3) is 2.64. The molecule has 116 valence electrons. The van der Waals surface area contributed by atoms with Crippen LogP contribution in [0.25, 0.3) is 0 Å². The van der Waals surface area contributed by atoms with Crippen LogP contribution in [-0.2, 0) is 6.42 Å². The maximum Gasteiger partial charge on any atom is 0.507 e. The second-order valence-electron chi connectivity index (χ2n) is 5.13. The molecule has 0 spiro atoms. The van der Waals surface area contributed by atoms with Gasteiger partial charge >= 0.3 is 12.2 Å². The molecule has 0 aromatic heterocycles. The van der Waals surface area contributed by atoms with Gasteiger partial charge in [-0.3, -0.25) is 0 Å². The van der Waals surface area contributed by atoms with Crippen molar-refractivity contribution in [3.8, 4) is 11.5 Å². The zero-order valence-corrected chi connectivity index (χ0v) is 11.5. The summed E-state index contributed by atoms with van der Waals surface area (Å²) in [5.41, 5.74) is 0.555. The van der Waals surface area contributed by atoms with E-state index in [-0.39, 0.29) is 11.1 Å². The van der Waals surface area contributed by atoms with Crippen LogP contribution < -0.4 is 14.8 Å². The first-order chi connectivity index (χ1) is 9.78. The predicted octanol–water partition coefficient (Wildman–Crippen LogP) is 3.59. The lowest BCUT2D eigenvalue weighted by atomic mass is 10.0. The van der Waals surface area contributed by atoms with Crippen molar-refractivity contribution in [2.24, 2.45) is 0 Å². The molecule has 0 bridgehead atoms. The number of ether oxygens (including phenoxy) is 2. The highest BCUT2D eigenvalue weighted by Gasteiger charge is 2.66. The first-order valence-corrected chi connectivity index (χ1v) is 6.86. The highest BCUT2D eigenvalue weighted by molar-refractivity contribution is 6.31. The maximum atomic E-state index is 13.2. The number of fused-ring (bicyclic) bond motifs is 1. The van der Waals surface area contributed by atoms with Crippen molar-refractivity contribution in [1.29, 1.82) is 0 Å². The van der Waals surface area contributed by atoms with Crippen molar-refractivity contribution in [1.82, 2.24) is 5.32 Å². The molecule has 1 fully saturated rings. The molecule has 1 atom stereocenters. The molecule has 1 aromatic carbocycles. The third-order valence-electron chi connectivity index (χ3n) is 3.56. The summed E-state index contributed by atoms with van der Waals surface area (Å²) in [4.78, 5) is 0. The van der Waals surface area contributed by atoms with Crippen LogP contribution in [0.5, 0.6) is 11.5 Å². The van der Waals surface area contributed by atoms with Crippen LogP contribution in [0.3, 0.4) is 0 Å². The summed E-state index contributed by atoms with van der Waals surface area (Å²) in [5.74, 6) is -0.914. The minimum atomic E-state index is -4.72. The standard InChI is InChI=1S/C13H12ClF4NO2/c14-9-6-11-10(20-12(15,16)13(17,18)21-11)5-7(9)4-8-2-1-3-19-8/h5-6,8,19H,1-4H2. The molecule has 0 radical (unpaired) electrons. The molecule has 8 heteroatoms. The summed E-state index contributed by atoms with van der Waals surface area (Å²) in [6.45, 7) is 0.886. The number of nitrogens with one attached hydrogen (secondary N) is 1. The van der Waals surface area contributed by atoms with Gasteiger partial charge in [0.05, 0.1) is 0 Å². The molecule has 0 amide bonds. The summed E-state index contributed by atoms with van der Waals surface area (Å²) in [6, 6.07) is 2.51. The summed E-state index contributed by atoms with van der Waals surface area (Å²) in [5, 5.41) is 3.43. The molecule has 2 heterocycles. The summed E-state index contributed by atoms with van der Waals surface area (Å²) < 4.78 is 60.6. The molecule has 2 aliphatic heterocycles. The van der Waals surface area contributed by atoms with Crippen molar-refractivity contribution < 1.29 is 27.0 Å². The van der Waals surface area contributed by atoms with Gasteiger partial charge in [0.25, 0.3) is 0 Å². The van der Waals surface area contributed by atoms with E-state index in [1.165, 1.54) is 6.07 Å². The van der Waals surface area contributed by atoms with E-state index < -0.39 is 23.7 Å². The Morgan fingerprint density at radius 3 is 2.33 bits per heavy atom. The quantitative estimate of drug-likeness (QED) is 0.843. The highest BCUT2D eigenvalue weighted by Crippen LogP contribution is 2.48. The molecule has 1 saturated heterocycles. The number of hydrogen-bond acceptors (Lipinski definition) is 3. The van der Waals surface area contributed by atoms with E-state index in [1.54, 1.807) is 0 Å². The van der Waals surface area contributed by atoms with Crippen LogP contribution >= 0.6 is 11.6 Å². The fourth-order valence-corrected chi connectivity index (χ4v) is 2.72. The Bertz CT molecular complexity index is 561. The second-order valence-corrected chi connectivity index (χ2v) is 5.53. The first kappa shape index (κ1) is 14.7. The third-order valence-corrected chi connectivity index (χ3v) is 3.91. The van der Waals surface area contributed by atoms with Gasteiger partial charge in [-0.15, -0.1) is 0 Å². The minimum absolute atomic E-state index is 0.187. The Hall–Kier alpha value is -1.21. The van der Waals surface area contributed by atoms with Crippen LogP contribution in [0.15, 0.2) is 12.1 Å². The predicted molar refractivity (Wildman–Crippen MR) is 67.3 cm³/mol. The van der Waals surface area contributed by atoms with Gasteiger partial charge in [-0.05, 0) is 37.4 Å². The van der Waals surface area contributed by atoms with Crippen LogP contribution in [-0.4, -0.2) is 24.8 Å². The van der Waals surface area contributed by atoms with Crippen molar-refractivity contribution in [2.45, 2.75) is 37.5 Å². The lowest BCUT2D eigenvalue weighted by Gasteiger charge is -2.32. The Morgan fingerprint density at radius 2 is 1.76 bits per heavy atom. The van der Waals surface area contributed by atoms with Gasteiger partial charge in [-0.2, -0.15) is 17.6 Å². The SMILES string of the molecule is FC1(F)Oc2cc(Cl)c(CC3CCCN3)cc2OC1(F)F. The fourth-order valence-electron chi connectivity index (χ4n) is 2.48. The van der Waals surface area contributed by atoms with Gasteiger partial charge < -0.3 is 14.8 Å². The van der Waals surface area contributed by atoms with Crippen molar-refractivity contribution in [3.63, 3.8) is 0 Å². The second kappa shape index (κ2) is 4.91. The number of halogens is 5. The van der Waals surface area contributed by atoms with E-state index in [0.717, 1.165) is 25.5 Å². The van der Waals surface area contributed by atoms with Gasteiger partial charge in [0, 0.05) is 17.1 Å². The van der Waals surface area contributed by atoms with Gasteiger partial charge in [-0.25, -0.2) is 0 Å². The smallest absolute Gasteiger partial charge is 0.421 e. The van der Waals surface area contributed by atoms with E-state index in [2.05, 4.69) is 14.8 Å². The average molecular weight is 326 g/mol. The monoisotopic (exact) mass is 325 g/mol. The summed E-state index contributed by atoms with van der Waals surface area (Å²) in [6.07, 6.45) is -6.96. The fraction of sp³-hybridized carbons (Fsp3) is 0.538. The van der Waals surface area contributed by atoms with E-state index in [0.29, 0.717) is 12.0 Å². The first-order valence-electron chi connectivity index (χ1n) is 6.48. The van der Waals surface area contributed by atoms with Crippen LogP contribution in [0.4, 0.5) is 17.6 Å². The zero-order valence-electron chi connectivity index (χ0n) is 10.8. The topological polar surface area (TPSA) is 30.5 Å². The molecule has 3 nitrogen and oxygen atoms in total. The summed E-state index contributed by atoms with van der Waals surface area (Å²) in [7, 11) is 0. The van der Waals surface area contributed by atoms with Gasteiger partial charge in [0.15, 0.2) is 11.5 Å². The Labute approximate surface area is 123 Å². The average Bonchev–Trinajstić information content (AvgIpc) is 2.85. The van der Waals surface area contributed by atoms with E-state index in [1.807, 2.05) is 0 Å². The molecule has 21 heavy (non-hydrogen) atoms. The van der Waals surface area contributed by atoms with E-state index >= 15 is 0 Å². The normalized spacial score (nSPS) is 25.9. The Kier molecular flexibility index (Phi) is 3.44. The number of rotatable bonds is 2. The van der Waals surface area contributed by atoms with Crippen molar-refractivity contribution in [3.05, 3.63) is 22.7 Å². The van der Waals surface area contributed by atoms with Crippen LogP contribution in [0.2, 0.25) is 5.02 Å². The van der Waals surface area contributed by atoms with Crippen molar-refractivity contribution in [2.75, 3.05) is 6.54 Å². The zero-order chi connectivity index (χ0) is 15.3. The van der Waals surface area contributed by atoms with Crippen molar-refractivity contribution >= 4 is 11.6 Å². The Balaban J connectivity index is 1.90. The minimum Gasteiger partial charge on any atom is -0.421 e. The lowest BCUT2D eigenvalue weighted by molar-refractivity contribution is -0.391. The number of hydrogen-bond donors (Lipinski definition) is 1. The molecule has 1 aromatic rings. The molecular weight excluding hydrogens is 314 g/mol. The lowest BCUT2D eigenvalue weighted by Crippen LogP contribution is -2.52. The highest BCUT2D eigenvalue weighted by atomic mass is 35.5. The van der Waals surface area contributed by atoms with E-state index in [4.69, 9.17) is 11.6 Å². The molecule has 1 N–H and O–H groups in total. The van der Waals surface area contributed by atoms with Crippen LogP contribution in [0.1, 0.15) is 18.4 Å². The number of alkyl halides is 4. The van der Waals surface area contributed by atoms with E-state index in [9.17, 15) is 17.6 Å². The molecule has 2 aliphatic rings. The van der Waals surface area contributed by atoms with Gasteiger partial charge in [0.1, 0.15) is 0 Å². The molecule has 0 saturated carbocycles. The maximum absolute atomic E-state index is 13.2. The van der Waals surface area contributed by atoms with Gasteiger partial charge in [-0.1, -0.05) is 11.6 Å². The Morgan fingerprint density at radius 1 is 1.14 bits per heavy atom. The van der Waals surface area contributed by atoms with Crippen LogP contribution in [0, 0.1) is 0 Å². The number of benzene rings is 1. The molecule has 3 rings (SSSR count).